The second-order valence-electron chi connectivity index (χ2n) is 5.99. The number of hydrogen-bond acceptors (Lipinski definition) is 3. The van der Waals surface area contributed by atoms with Crippen LogP contribution >= 0.6 is 31.9 Å². The van der Waals surface area contributed by atoms with E-state index in [9.17, 15) is 4.79 Å². The molecule has 0 N–H and O–H groups in total. The first-order chi connectivity index (χ1) is 11.3. The zero-order valence-corrected chi connectivity index (χ0v) is 17.3. The van der Waals surface area contributed by atoms with Crippen molar-refractivity contribution in [2.45, 2.75) is 33.6 Å². The topological polar surface area (TPSA) is 35.5 Å². The molecule has 5 heteroatoms. The Hall–Kier alpha value is -1.33. The molecule has 2 aromatic carbocycles. The molecule has 0 aliphatic rings. The van der Waals surface area contributed by atoms with Crippen LogP contribution in [0.25, 0.3) is 0 Å². The lowest BCUT2D eigenvalue weighted by Crippen LogP contribution is -2.19. The normalized spacial score (nSPS) is 10.8. The zero-order valence-electron chi connectivity index (χ0n) is 14.2. The number of aryl methyl sites for hydroxylation is 2. The number of benzene rings is 2. The second-order valence-corrected chi connectivity index (χ2v) is 7.76. The minimum atomic E-state index is -0.420. The van der Waals surface area contributed by atoms with Crippen molar-refractivity contribution >= 4 is 37.8 Å². The van der Waals surface area contributed by atoms with E-state index in [0.29, 0.717) is 11.5 Å². The Morgan fingerprint density at radius 1 is 1.12 bits per heavy atom. The molecule has 2 rings (SSSR count). The highest BCUT2D eigenvalue weighted by Crippen LogP contribution is 2.32. The molecule has 0 bridgehead atoms. The summed E-state index contributed by atoms with van der Waals surface area (Å²) < 4.78 is 12.9. The van der Waals surface area contributed by atoms with Crippen molar-refractivity contribution in [3.05, 3.63) is 56.0 Å². The third kappa shape index (κ3) is 4.84. The summed E-state index contributed by atoms with van der Waals surface area (Å²) in [5, 5.41) is 0. The van der Waals surface area contributed by atoms with Gasteiger partial charge in [-0.05, 0) is 70.6 Å². The van der Waals surface area contributed by atoms with Crippen LogP contribution in [-0.2, 0) is 4.79 Å². The van der Waals surface area contributed by atoms with Gasteiger partial charge in [0, 0.05) is 4.47 Å². The molecule has 0 amide bonds. The van der Waals surface area contributed by atoms with Crippen LogP contribution in [0.2, 0.25) is 0 Å². The smallest absolute Gasteiger partial charge is 0.349 e. The molecule has 0 spiro atoms. The molecule has 2 aromatic rings. The van der Waals surface area contributed by atoms with E-state index in [-0.39, 0.29) is 12.5 Å². The van der Waals surface area contributed by atoms with Crippen LogP contribution in [-0.4, -0.2) is 12.6 Å². The second kappa shape index (κ2) is 8.17. The molecule has 0 radical (unpaired) electrons. The van der Waals surface area contributed by atoms with E-state index >= 15 is 0 Å². The van der Waals surface area contributed by atoms with Crippen molar-refractivity contribution in [3.8, 4) is 11.5 Å². The van der Waals surface area contributed by atoms with E-state index in [1.54, 1.807) is 0 Å². The molecular formula is C19H20Br2O3. The highest BCUT2D eigenvalue weighted by Gasteiger charge is 2.14. The predicted octanol–water partition coefficient (Wildman–Crippen LogP) is 5.94. The fourth-order valence-electron chi connectivity index (χ4n) is 2.36. The molecule has 0 atom stereocenters. The summed E-state index contributed by atoms with van der Waals surface area (Å²) >= 11 is 6.87. The van der Waals surface area contributed by atoms with Gasteiger partial charge in [-0.15, -0.1) is 0 Å². The Kier molecular flexibility index (Phi) is 6.47. The maximum absolute atomic E-state index is 12.2. The average Bonchev–Trinajstić information content (AvgIpc) is 2.45. The minimum absolute atomic E-state index is 0.146. The average molecular weight is 456 g/mol. The summed E-state index contributed by atoms with van der Waals surface area (Å²) in [6.07, 6.45) is 0. The Labute approximate surface area is 159 Å². The highest BCUT2D eigenvalue weighted by molar-refractivity contribution is 9.11. The van der Waals surface area contributed by atoms with Crippen molar-refractivity contribution in [1.82, 2.24) is 0 Å². The van der Waals surface area contributed by atoms with Gasteiger partial charge in [0.1, 0.15) is 11.5 Å². The lowest BCUT2D eigenvalue weighted by Gasteiger charge is -2.15. The van der Waals surface area contributed by atoms with Crippen LogP contribution < -0.4 is 9.47 Å². The highest BCUT2D eigenvalue weighted by atomic mass is 79.9. The maximum atomic E-state index is 12.2. The summed E-state index contributed by atoms with van der Waals surface area (Å²) in [6.45, 7) is 7.89. The first-order valence-electron chi connectivity index (χ1n) is 7.67. The SMILES string of the molecule is Cc1ccc(C(C)C)c(OC(=O)COc2c(C)cc(Br)cc2Br)c1. The summed E-state index contributed by atoms with van der Waals surface area (Å²) in [5.41, 5.74) is 2.99. The van der Waals surface area contributed by atoms with Crippen LogP contribution in [0.1, 0.15) is 36.5 Å². The molecule has 24 heavy (non-hydrogen) atoms. The number of carbonyl (C=O) groups excluding carboxylic acids is 1. The molecule has 0 saturated heterocycles. The third-order valence-corrected chi connectivity index (χ3v) is 4.59. The molecule has 0 heterocycles. The molecule has 128 valence electrons. The molecule has 3 nitrogen and oxygen atoms in total. The van der Waals surface area contributed by atoms with Gasteiger partial charge >= 0.3 is 5.97 Å². The molecule has 0 aromatic heterocycles. The Morgan fingerprint density at radius 3 is 2.46 bits per heavy atom. The molecule has 0 fully saturated rings. The Bertz CT molecular complexity index is 731. The number of carbonyl (C=O) groups is 1. The molecule has 0 saturated carbocycles. The van der Waals surface area contributed by atoms with Crippen molar-refractivity contribution in [1.29, 1.82) is 0 Å². The van der Waals surface area contributed by atoms with E-state index in [1.165, 1.54) is 0 Å². The van der Waals surface area contributed by atoms with Crippen molar-refractivity contribution in [2.24, 2.45) is 0 Å². The van der Waals surface area contributed by atoms with E-state index in [0.717, 1.165) is 25.6 Å². The van der Waals surface area contributed by atoms with E-state index in [4.69, 9.17) is 9.47 Å². The number of rotatable bonds is 5. The van der Waals surface area contributed by atoms with Crippen molar-refractivity contribution in [2.75, 3.05) is 6.61 Å². The summed E-state index contributed by atoms with van der Waals surface area (Å²) in [7, 11) is 0. The van der Waals surface area contributed by atoms with Crippen molar-refractivity contribution in [3.63, 3.8) is 0 Å². The lowest BCUT2D eigenvalue weighted by atomic mass is 10.0. The fourth-order valence-corrected chi connectivity index (χ4v) is 3.92. The summed E-state index contributed by atoms with van der Waals surface area (Å²) in [4.78, 5) is 12.2. The largest absolute Gasteiger partial charge is 0.480 e. The minimum Gasteiger partial charge on any atom is -0.480 e. The monoisotopic (exact) mass is 454 g/mol. The van der Waals surface area contributed by atoms with Gasteiger partial charge in [0.25, 0.3) is 0 Å². The first kappa shape index (κ1) is 19.0. The molecular weight excluding hydrogens is 436 g/mol. The standard InChI is InChI=1S/C19H20Br2O3/c1-11(2)15-6-5-12(3)7-17(15)24-18(22)10-23-19-13(4)8-14(20)9-16(19)21/h5-9,11H,10H2,1-4H3. The van der Waals surface area contributed by atoms with Gasteiger partial charge in [0.05, 0.1) is 4.47 Å². The van der Waals surface area contributed by atoms with Gasteiger partial charge in [-0.1, -0.05) is 41.9 Å². The molecule has 0 aliphatic heterocycles. The maximum Gasteiger partial charge on any atom is 0.349 e. The van der Waals surface area contributed by atoms with Crippen LogP contribution in [0, 0.1) is 13.8 Å². The quantitative estimate of drug-likeness (QED) is 0.413. The number of hydrogen-bond donors (Lipinski definition) is 0. The lowest BCUT2D eigenvalue weighted by molar-refractivity contribution is -0.136. The third-order valence-electron chi connectivity index (χ3n) is 3.54. The molecule has 0 aliphatic carbocycles. The Balaban J connectivity index is 2.09. The van der Waals surface area contributed by atoms with Gasteiger partial charge in [-0.2, -0.15) is 0 Å². The number of halogens is 2. The van der Waals surface area contributed by atoms with Crippen LogP contribution in [0.15, 0.2) is 39.3 Å². The first-order valence-corrected chi connectivity index (χ1v) is 9.26. The fraction of sp³-hybridized carbons (Fsp3) is 0.316. The van der Waals surface area contributed by atoms with Crippen molar-refractivity contribution < 1.29 is 14.3 Å². The van der Waals surface area contributed by atoms with Gasteiger partial charge < -0.3 is 9.47 Å². The summed E-state index contributed by atoms with van der Waals surface area (Å²) in [6, 6.07) is 9.71. The predicted molar refractivity (Wildman–Crippen MR) is 103 cm³/mol. The van der Waals surface area contributed by atoms with Crippen LogP contribution in [0.5, 0.6) is 11.5 Å². The Morgan fingerprint density at radius 2 is 1.83 bits per heavy atom. The number of ether oxygens (including phenoxy) is 2. The number of esters is 1. The van der Waals surface area contributed by atoms with E-state index in [1.807, 2.05) is 44.2 Å². The van der Waals surface area contributed by atoms with Crippen LogP contribution in [0.4, 0.5) is 0 Å². The van der Waals surface area contributed by atoms with Gasteiger partial charge in [0.2, 0.25) is 0 Å². The summed E-state index contributed by atoms with van der Waals surface area (Å²) in [5.74, 6) is 1.10. The van der Waals surface area contributed by atoms with Gasteiger partial charge in [-0.3, -0.25) is 0 Å². The zero-order chi connectivity index (χ0) is 17.9. The van der Waals surface area contributed by atoms with E-state index < -0.39 is 5.97 Å². The van der Waals surface area contributed by atoms with E-state index in [2.05, 4.69) is 45.7 Å². The molecule has 0 unspecified atom stereocenters. The van der Waals surface area contributed by atoms with Gasteiger partial charge in [0.15, 0.2) is 6.61 Å². The van der Waals surface area contributed by atoms with Gasteiger partial charge in [-0.25, -0.2) is 4.79 Å². The van der Waals surface area contributed by atoms with Crippen LogP contribution in [0.3, 0.4) is 0 Å².